The molecule has 0 spiro atoms. The molecule has 2 aromatic rings. The number of hydrogen-bond donors (Lipinski definition) is 0. The Hall–Kier alpha value is -2.47. The molecule has 0 N–H and O–H groups in total. The van der Waals surface area contributed by atoms with Crippen molar-refractivity contribution in [2.24, 2.45) is 0 Å². The zero-order valence-corrected chi connectivity index (χ0v) is 10.3. The zero-order valence-electron chi connectivity index (χ0n) is 10.3. The predicted octanol–water partition coefficient (Wildman–Crippen LogP) is 2.58. The highest BCUT2D eigenvalue weighted by Crippen LogP contribution is 2.12. The van der Waals surface area contributed by atoms with Crippen molar-refractivity contribution >= 4 is 11.5 Å². The summed E-state index contributed by atoms with van der Waals surface area (Å²) >= 11 is 0. The van der Waals surface area contributed by atoms with Gasteiger partial charge in [0.25, 0.3) is 0 Å². The Morgan fingerprint density at radius 1 is 1.17 bits per heavy atom. The number of Topliss-reactive ketones (excluding diaryl/α,β-unsaturated/α-hetero) is 1. The summed E-state index contributed by atoms with van der Waals surface area (Å²) in [6.45, 7) is 0. The number of benzene rings is 1. The van der Waals surface area contributed by atoms with Gasteiger partial charge < -0.3 is 9.32 Å². The number of carbonyl (C=O) groups excluding carboxylic acids is 1. The van der Waals surface area contributed by atoms with Crippen LogP contribution in [0.2, 0.25) is 0 Å². The smallest absolute Gasteiger partial charge is 0.236 e. The largest absolute Gasteiger partial charge is 0.456 e. The Morgan fingerprint density at radius 3 is 2.44 bits per heavy atom. The molecule has 1 aromatic heterocycles. The van der Waals surface area contributed by atoms with Crippen LogP contribution in [-0.2, 0) is 0 Å². The molecule has 0 aliphatic rings. The summed E-state index contributed by atoms with van der Waals surface area (Å²) in [5, 5.41) is 0. The van der Waals surface area contributed by atoms with Crippen molar-refractivity contribution in [3.8, 4) is 11.8 Å². The van der Waals surface area contributed by atoms with E-state index in [2.05, 4.69) is 11.8 Å². The fourth-order valence-corrected chi connectivity index (χ4v) is 1.45. The van der Waals surface area contributed by atoms with Crippen molar-refractivity contribution in [3.63, 3.8) is 0 Å². The lowest BCUT2D eigenvalue weighted by atomic mass is 10.1. The van der Waals surface area contributed by atoms with Crippen LogP contribution < -0.4 is 4.90 Å². The van der Waals surface area contributed by atoms with Gasteiger partial charge in [0.05, 0.1) is 6.26 Å². The molecule has 3 heteroatoms. The molecule has 0 radical (unpaired) electrons. The fraction of sp³-hybridized carbons (Fsp3) is 0.133. The first-order chi connectivity index (χ1) is 8.66. The molecular weight excluding hydrogens is 226 g/mol. The van der Waals surface area contributed by atoms with Crippen LogP contribution in [0.15, 0.2) is 47.1 Å². The summed E-state index contributed by atoms with van der Waals surface area (Å²) < 4.78 is 5.04. The topological polar surface area (TPSA) is 33.5 Å². The molecule has 0 saturated carbocycles. The lowest BCUT2D eigenvalue weighted by Crippen LogP contribution is -2.08. The fourth-order valence-electron chi connectivity index (χ4n) is 1.45. The van der Waals surface area contributed by atoms with Gasteiger partial charge in [0, 0.05) is 25.3 Å². The molecule has 90 valence electrons. The van der Waals surface area contributed by atoms with E-state index in [1.165, 1.54) is 6.26 Å². The summed E-state index contributed by atoms with van der Waals surface area (Å²) in [5.41, 5.74) is 1.63. The van der Waals surface area contributed by atoms with E-state index in [-0.39, 0.29) is 5.78 Å². The van der Waals surface area contributed by atoms with Crippen LogP contribution in [-0.4, -0.2) is 19.9 Å². The molecule has 0 atom stereocenters. The van der Waals surface area contributed by atoms with Crippen LogP contribution in [0.25, 0.3) is 0 Å². The quantitative estimate of drug-likeness (QED) is 0.596. The van der Waals surface area contributed by atoms with E-state index < -0.39 is 0 Å². The van der Waals surface area contributed by atoms with Gasteiger partial charge in [-0.25, -0.2) is 0 Å². The van der Waals surface area contributed by atoms with E-state index in [4.69, 9.17) is 4.42 Å². The minimum atomic E-state index is -0.211. The molecule has 1 aromatic carbocycles. The predicted molar refractivity (Wildman–Crippen MR) is 70.7 cm³/mol. The first-order valence-electron chi connectivity index (χ1n) is 5.54. The maximum absolute atomic E-state index is 11.8. The lowest BCUT2D eigenvalue weighted by Gasteiger charge is -2.11. The van der Waals surface area contributed by atoms with Crippen LogP contribution in [0, 0.1) is 11.8 Å². The minimum absolute atomic E-state index is 0.211. The number of nitrogens with zero attached hydrogens (tertiary/aromatic N) is 1. The summed E-state index contributed by atoms with van der Waals surface area (Å²) in [4.78, 5) is 13.8. The van der Waals surface area contributed by atoms with E-state index in [0.29, 0.717) is 11.3 Å². The van der Waals surface area contributed by atoms with E-state index in [9.17, 15) is 4.79 Å². The van der Waals surface area contributed by atoms with Gasteiger partial charge in [-0.05, 0) is 48.2 Å². The Bertz CT molecular complexity index is 584. The second-order valence-electron chi connectivity index (χ2n) is 4.00. The van der Waals surface area contributed by atoms with Gasteiger partial charge in [-0.15, -0.1) is 0 Å². The molecule has 0 amide bonds. The third kappa shape index (κ3) is 2.80. The average Bonchev–Trinajstić information content (AvgIpc) is 2.89. The summed E-state index contributed by atoms with van der Waals surface area (Å²) in [5.74, 6) is 5.52. The maximum atomic E-state index is 11.8. The normalized spacial score (nSPS) is 9.44. The number of anilines is 1. The molecular formula is C15H13NO2. The average molecular weight is 239 g/mol. The van der Waals surface area contributed by atoms with Gasteiger partial charge in [-0.1, -0.05) is 0 Å². The third-order valence-electron chi connectivity index (χ3n) is 2.47. The second kappa shape index (κ2) is 5.24. The van der Waals surface area contributed by atoms with E-state index in [1.54, 1.807) is 24.3 Å². The number of furan rings is 1. The van der Waals surface area contributed by atoms with Crippen LogP contribution in [0.3, 0.4) is 0 Å². The number of rotatable bonds is 2. The molecule has 3 nitrogen and oxygen atoms in total. The van der Waals surface area contributed by atoms with E-state index in [1.807, 2.05) is 31.1 Å². The van der Waals surface area contributed by atoms with E-state index >= 15 is 0 Å². The molecule has 0 fully saturated rings. The van der Waals surface area contributed by atoms with Gasteiger partial charge in [0.15, 0.2) is 5.76 Å². The number of carbonyl (C=O) groups is 1. The molecule has 0 aliphatic carbocycles. The number of ketones is 1. The number of hydrogen-bond acceptors (Lipinski definition) is 3. The molecule has 18 heavy (non-hydrogen) atoms. The van der Waals surface area contributed by atoms with Crippen molar-refractivity contribution in [3.05, 3.63) is 54.0 Å². The summed E-state index contributed by atoms with van der Waals surface area (Å²) in [6, 6.07) is 10.8. The Labute approximate surface area is 106 Å². The highest BCUT2D eigenvalue weighted by Gasteiger charge is 2.02. The minimum Gasteiger partial charge on any atom is -0.456 e. The van der Waals surface area contributed by atoms with Crippen molar-refractivity contribution in [1.82, 2.24) is 0 Å². The molecule has 0 saturated heterocycles. The molecule has 0 aliphatic heterocycles. The molecule has 0 bridgehead atoms. The van der Waals surface area contributed by atoms with Crippen molar-refractivity contribution in [2.75, 3.05) is 19.0 Å². The van der Waals surface area contributed by atoms with Gasteiger partial charge in [-0.2, -0.15) is 0 Å². The monoisotopic (exact) mass is 239 g/mol. The maximum Gasteiger partial charge on any atom is 0.236 e. The summed E-state index contributed by atoms with van der Waals surface area (Å²) in [6.07, 6.45) is 1.53. The van der Waals surface area contributed by atoms with E-state index in [0.717, 1.165) is 5.69 Å². The van der Waals surface area contributed by atoms with Crippen LogP contribution in [0.1, 0.15) is 16.1 Å². The highest BCUT2D eigenvalue weighted by molar-refractivity contribution is 6.09. The zero-order chi connectivity index (χ0) is 13.0. The van der Waals surface area contributed by atoms with Gasteiger partial charge >= 0.3 is 0 Å². The van der Waals surface area contributed by atoms with Crippen LogP contribution in [0.5, 0.6) is 0 Å². The van der Waals surface area contributed by atoms with Gasteiger partial charge in [0.2, 0.25) is 5.78 Å². The lowest BCUT2D eigenvalue weighted by molar-refractivity contribution is 0.105. The molecule has 0 unspecified atom stereocenters. The van der Waals surface area contributed by atoms with Gasteiger partial charge in [0.1, 0.15) is 0 Å². The highest BCUT2D eigenvalue weighted by atomic mass is 16.3. The Kier molecular flexibility index (Phi) is 3.49. The van der Waals surface area contributed by atoms with Crippen molar-refractivity contribution in [1.29, 1.82) is 0 Å². The first kappa shape index (κ1) is 12.0. The van der Waals surface area contributed by atoms with Crippen molar-refractivity contribution < 1.29 is 9.21 Å². The second-order valence-corrected chi connectivity index (χ2v) is 4.00. The standard InChI is InChI=1S/C15H13NO2/c1-16(2)13-7-5-12(6-8-13)15(17)10-9-14-4-3-11-18-14/h3-8,11H,1-2H3. The Morgan fingerprint density at radius 2 is 1.89 bits per heavy atom. The molecule has 2 rings (SSSR count). The molecule has 1 heterocycles. The first-order valence-corrected chi connectivity index (χ1v) is 5.54. The third-order valence-corrected chi connectivity index (χ3v) is 2.47. The SMILES string of the molecule is CN(C)c1ccc(C(=O)C#Cc2ccco2)cc1. The Balaban J connectivity index is 2.14. The van der Waals surface area contributed by atoms with Crippen LogP contribution >= 0.6 is 0 Å². The van der Waals surface area contributed by atoms with Crippen molar-refractivity contribution in [2.45, 2.75) is 0 Å². The van der Waals surface area contributed by atoms with Gasteiger partial charge in [-0.3, -0.25) is 4.79 Å². The van der Waals surface area contributed by atoms with Crippen LogP contribution in [0.4, 0.5) is 5.69 Å². The summed E-state index contributed by atoms with van der Waals surface area (Å²) in [7, 11) is 3.90.